The molecule has 2 heterocycles. The lowest BCUT2D eigenvalue weighted by molar-refractivity contribution is 0.192. The zero-order valence-corrected chi connectivity index (χ0v) is 12.6. The summed E-state index contributed by atoms with van der Waals surface area (Å²) in [5.74, 6) is 1.04. The molecule has 104 valence electrons. The maximum Gasteiger partial charge on any atom is 0.318 e. The highest BCUT2D eigenvalue weighted by atomic mass is 32.2. The van der Waals surface area contributed by atoms with Crippen LogP contribution in [-0.4, -0.2) is 29.3 Å². The van der Waals surface area contributed by atoms with Crippen LogP contribution in [0.15, 0.2) is 17.5 Å². The fraction of sp³-hybridized carbons (Fsp3) is 0.643. The van der Waals surface area contributed by atoms with Crippen molar-refractivity contribution in [2.24, 2.45) is 0 Å². The van der Waals surface area contributed by atoms with Gasteiger partial charge < -0.3 is 10.2 Å². The fourth-order valence-corrected chi connectivity index (χ4v) is 5.09. The molecule has 1 saturated heterocycles. The third-order valence-electron chi connectivity index (χ3n) is 3.87. The molecule has 2 aliphatic rings. The molecular weight excluding hydrogens is 276 g/mol. The van der Waals surface area contributed by atoms with Gasteiger partial charge in [0.05, 0.1) is 0 Å². The van der Waals surface area contributed by atoms with Gasteiger partial charge in [0.2, 0.25) is 0 Å². The molecule has 19 heavy (non-hydrogen) atoms. The Bertz CT molecular complexity index is 415. The number of amides is 2. The summed E-state index contributed by atoms with van der Waals surface area (Å²) in [6.07, 6.45) is 6.14. The molecule has 5 heteroatoms. The normalized spacial score (nSPS) is 24.6. The number of urea groups is 1. The van der Waals surface area contributed by atoms with Crippen molar-refractivity contribution in [1.29, 1.82) is 0 Å². The molecule has 1 aliphatic carbocycles. The van der Waals surface area contributed by atoms with Crippen molar-refractivity contribution < 1.29 is 4.79 Å². The van der Waals surface area contributed by atoms with E-state index in [1.165, 1.54) is 24.1 Å². The summed E-state index contributed by atoms with van der Waals surface area (Å²) in [4.78, 5) is 15.7. The van der Waals surface area contributed by atoms with Crippen molar-refractivity contribution in [3.05, 3.63) is 22.4 Å². The van der Waals surface area contributed by atoms with E-state index >= 15 is 0 Å². The molecule has 0 spiro atoms. The first-order valence-corrected chi connectivity index (χ1v) is 8.99. The van der Waals surface area contributed by atoms with E-state index in [9.17, 15) is 4.79 Å². The molecule has 1 N–H and O–H groups in total. The van der Waals surface area contributed by atoms with Crippen LogP contribution in [0.25, 0.3) is 0 Å². The third kappa shape index (κ3) is 3.08. The number of hydrogen-bond acceptors (Lipinski definition) is 3. The van der Waals surface area contributed by atoms with E-state index in [2.05, 4.69) is 22.8 Å². The van der Waals surface area contributed by atoms with Gasteiger partial charge in [-0.15, -0.1) is 23.1 Å². The molecule has 0 aromatic carbocycles. The minimum Gasteiger partial charge on any atom is -0.335 e. The third-order valence-corrected chi connectivity index (χ3v) is 6.19. The minimum atomic E-state index is 0.135. The second kappa shape index (κ2) is 6.18. The van der Waals surface area contributed by atoms with Crippen molar-refractivity contribution in [2.45, 2.75) is 43.5 Å². The van der Waals surface area contributed by atoms with Crippen LogP contribution in [-0.2, 0) is 0 Å². The number of rotatable bonds is 2. The molecule has 3 rings (SSSR count). The number of hydrogen-bond donors (Lipinski definition) is 1. The Balaban J connectivity index is 1.62. The van der Waals surface area contributed by atoms with E-state index in [-0.39, 0.29) is 11.4 Å². The zero-order valence-electron chi connectivity index (χ0n) is 11.0. The monoisotopic (exact) mass is 296 g/mol. The topological polar surface area (TPSA) is 32.3 Å². The quantitative estimate of drug-likeness (QED) is 0.899. The molecule has 0 radical (unpaired) electrons. The average Bonchev–Trinajstić information content (AvgIpc) is 3.10. The van der Waals surface area contributed by atoms with Crippen molar-refractivity contribution in [3.8, 4) is 0 Å². The van der Waals surface area contributed by atoms with Crippen LogP contribution < -0.4 is 5.32 Å². The Kier molecular flexibility index (Phi) is 4.33. The van der Waals surface area contributed by atoms with E-state index < -0.39 is 0 Å². The maximum absolute atomic E-state index is 12.4. The first-order chi connectivity index (χ1) is 9.34. The van der Waals surface area contributed by atoms with Crippen LogP contribution in [0.2, 0.25) is 0 Å². The van der Waals surface area contributed by atoms with Gasteiger partial charge >= 0.3 is 6.03 Å². The molecule has 3 nitrogen and oxygen atoms in total. The molecule has 1 saturated carbocycles. The van der Waals surface area contributed by atoms with Crippen molar-refractivity contribution >= 4 is 29.1 Å². The van der Waals surface area contributed by atoms with Crippen LogP contribution in [0.1, 0.15) is 42.4 Å². The fourth-order valence-electron chi connectivity index (χ4n) is 2.85. The standard InChI is InChI=1S/C14H20N2OS2/c17-14(15-11-5-2-1-3-6-11)16-8-10-19-13(16)12-7-4-9-18-12/h4,7,9,11,13H,1-3,5-6,8,10H2,(H,15,17). The highest BCUT2D eigenvalue weighted by Gasteiger charge is 2.32. The van der Waals surface area contributed by atoms with Gasteiger partial charge in [-0.05, 0) is 24.3 Å². The summed E-state index contributed by atoms with van der Waals surface area (Å²) in [7, 11) is 0. The number of thioether (sulfide) groups is 1. The first kappa shape index (κ1) is 13.3. The summed E-state index contributed by atoms with van der Waals surface area (Å²) in [6.45, 7) is 0.867. The van der Waals surface area contributed by atoms with E-state index in [4.69, 9.17) is 0 Å². The molecule has 1 atom stereocenters. The molecular formula is C14H20N2OS2. The largest absolute Gasteiger partial charge is 0.335 e. The molecule has 1 aromatic rings. The Morgan fingerprint density at radius 1 is 1.32 bits per heavy atom. The van der Waals surface area contributed by atoms with Crippen molar-refractivity contribution in [2.75, 3.05) is 12.3 Å². The molecule has 2 amide bonds. The summed E-state index contributed by atoms with van der Waals surface area (Å²) in [6, 6.07) is 4.73. The first-order valence-electron chi connectivity index (χ1n) is 7.07. The zero-order chi connectivity index (χ0) is 13.1. The smallest absolute Gasteiger partial charge is 0.318 e. The van der Waals surface area contributed by atoms with Gasteiger partial charge in [0.25, 0.3) is 0 Å². The average molecular weight is 296 g/mol. The van der Waals surface area contributed by atoms with E-state index in [1.807, 2.05) is 16.7 Å². The minimum absolute atomic E-state index is 0.135. The van der Waals surface area contributed by atoms with Gasteiger partial charge in [-0.25, -0.2) is 4.79 Å². The Labute approximate surface area is 122 Å². The molecule has 1 aromatic heterocycles. The molecule has 1 unspecified atom stereocenters. The van der Waals surface area contributed by atoms with Crippen molar-refractivity contribution in [1.82, 2.24) is 10.2 Å². The second-order valence-corrected chi connectivity index (χ2v) is 7.38. The number of carbonyl (C=O) groups excluding carboxylic acids is 1. The Hall–Kier alpha value is -0.680. The Morgan fingerprint density at radius 3 is 2.89 bits per heavy atom. The highest BCUT2D eigenvalue weighted by Crippen LogP contribution is 2.39. The van der Waals surface area contributed by atoms with E-state index in [1.54, 1.807) is 11.3 Å². The number of nitrogens with one attached hydrogen (secondary N) is 1. The van der Waals surface area contributed by atoms with Gasteiger partial charge in [-0.1, -0.05) is 25.3 Å². The predicted molar refractivity (Wildman–Crippen MR) is 81.6 cm³/mol. The van der Waals surface area contributed by atoms with Gasteiger partial charge in [0.15, 0.2) is 0 Å². The predicted octanol–water partition coefficient (Wildman–Crippen LogP) is 3.84. The number of thiophene rings is 1. The van der Waals surface area contributed by atoms with Crippen LogP contribution >= 0.6 is 23.1 Å². The van der Waals surface area contributed by atoms with Crippen LogP contribution in [0.3, 0.4) is 0 Å². The van der Waals surface area contributed by atoms with Crippen molar-refractivity contribution in [3.63, 3.8) is 0 Å². The SMILES string of the molecule is O=C(NC1CCCCC1)N1CCSC1c1cccs1. The van der Waals surface area contributed by atoms with Crippen LogP contribution in [0.4, 0.5) is 4.79 Å². The van der Waals surface area contributed by atoms with Gasteiger partial charge in [-0.2, -0.15) is 0 Å². The number of carbonyl (C=O) groups is 1. The lowest BCUT2D eigenvalue weighted by Crippen LogP contribution is -2.45. The lowest BCUT2D eigenvalue weighted by atomic mass is 9.96. The Morgan fingerprint density at radius 2 is 2.16 bits per heavy atom. The van der Waals surface area contributed by atoms with Gasteiger partial charge in [0, 0.05) is 23.2 Å². The summed E-state index contributed by atoms with van der Waals surface area (Å²) in [5, 5.41) is 5.55. The van der Waals surface area contributed by atoms with Gasteiger partial charge in [-0.3, -0.25) is 0 Å². The van der Waals surface area contributed by atoms with Crippen LogP contribution in [0.5, 0.6) is 0 Å². The van der Waals surface area contributed by atoms with Crippen LogP contribution in [0, 0.1) is 0 Å². The lowest BCUT2D eigenvalue weighted by Gasteiger charge is -2.28. The summed E-state index contributed by atoms with van der Waals surface area (Å²) in [5.41, 5.74) is 0. The molecule has 1 aliphatic heterocycles. The molecule has 2 fully saturated rings. The van der Waals surface area contributed by atoms with E-state index in [0.29, 0.717) is 6.04 Å². The maximum atomic E-state index is 12.4. The summed E-state index contributed by atoms with van der Waals surface area (Å²) < 4.78 is 0. The van der Waals surface area contributed by atoms with Gasteiger partial charge in [0.1, 0.15) is 5.37 Å². The molecule has 0 bridgehead atoms. The number of nitrogens with zero attached hydrogens (tertiary/aromatic N) is 1. The highest BCUT2D eigenvalue weighted by molar-refractivity contribution is 7.99. The second-order valence-electron chi connectivity index (χ2n) is 5.22. The summed E-state index contributed by atoms with van der Waals surface area (Å²) >= 11 is 3.62. The van der Waals surface area contributed by atoms with E-state index in [0.717, 1.165) is 25.1 Å².